The van der Waals surface area contributed by atoms with Crippen molar-refractivity contribution in [2.24, 2.45) is 0 Å². The second-order valence-electron chi connectivity index (χ2n) is 4.19. The Hall–Kier alpha value is -1.65. The maximum absolute atomic E-state index is 12.0. The van der Waals surface area contributed by atoms with Crippen molar-refractivity contribution in [1.29, 1.82) is 0 Å². The molecule has 0 amide bonds. The minimum atomic E-state index is -0.0869. The summed E-state index contributed by atoms with van der Waals surface area (Å²) < 4.78 is 0.801. The highest BCUT2D eigenvalue weighted by atomic mass is 79.9. The van der Waals surface area contributed by atoms with Crippen LogP contribution in [0.25, 0.3) is 0 Å². The average Bonchev–Trinajstić information content (AvgIpc) is 2.44. The average molecular weight is 352 g/mol. The molecular formula is C15H12BrClN2O. The summed E-state index contributed by atoms with van der Waals surface area (Å²) in [4.78, 5) is 15.9. The van der Waals surface area contributed by atoms with Crippen molar-refractivity contribution < 1.29 is 4.79 Å². The summed E-state index contributed by atoms with van der Waals surface area (Å²) in [6.45, 7) is 1.83. The van der Waals surface area contributed by atoms with E-state index >= 15 is 0 Å². The highest BCUT2D eigenvalue weighted by Crippen LogP contribution is 2.26. The number of carbonyl (C=O) groups excluding carboxylic acids is 1. The van der Waals surface area contributed by atoms with E-state index in [1.54, 1.807) is 36.7 Å². The summed E-state index contributed by atoms with van der Waals surface area (Å²) in [6, 6.07) is 8.95. The highest BCUT2D eigenvalue weighted by molar-refractivity contribution is 9.10. The Kier molecular flexibility index (Phi) is 4.93. The summed E-state index contributed by atoms with van der Waals surface area (Å²) in [5.74, 6) is -0.0869. The number of halogens is 2. The van der Waals surface area contributed by atoms with Crippen molar-refractivity contribution in [3.05, 3.63) is 69.6 Å². The number of nitrogens with one attached hydrogen (secondary N) is 1. The molecule has 3 nitrogen and oxygen atoms in total. The lowest BCUT2D eigenvalue weighted by Crippen LogP contribution is -2.01. The predicted octanol–water partition coefficient (Wildman–Crippen LogP) is 4.70. The fourth-order valence-electron chi connectivity index (χ4n) is 1.63. The molecule has 0 aliphatic heterocycles. The first-order chi connectivity index (χ1) is 9.56. The van der Waals surface area contributed by atoms with Gasteiger partial charge in [-0.15, -0.1) is 0 Å². The van der Waals surface area contributed by atoms with E-state index < -0.39 is 0 Å². The fourth-order valence-corrected chi connectivity index (χ4v) is 2.12. The molecule has 1 N–H and O–H groups in total. The molecule has 0 atom stereocenters. The molecule has 0 bridgehead atoms. The van der Waals surface area contributed by atoms with Gasteiger partial charge in [-0.2, -0.15) is 0 Å². The van der Waals surface area contributed by atoms with Crippen LogP contribution in [-0.4, -0.2) is 10.8 Å². The second-order valence-corrected chi connectivity index (χ2v) is 5.45. The van der Waals surface area contributed by atoms with Gasteiger partial charge in [0.25, 0.3) is 0 Å². The predicted molar refractivity (Wildman–Crippen MR) is 85.1 cm³/mol. The van der Waals surface area contributed by atoms with E-state index in [0.29, 0.717) is 10.6 Å². The van der Waals surface area contributed by atoms with E-state index in [0.717, 1.165) is 15.9 Å². The number of aromatic nitrogens is 1. The summed E-state index contributed by atoms with van der Waals surface area (Å²) in [5.41, 5.74) is 2.16. The second kappa shape index (κ2) is 6.68. The van der Waals surface area contributed by atoms with Gasteiger partial charge in [0.05, 0.1) is 5.02 Å². The Morgan fingerprint density at radius 2 is 2.20 bits per heavy atom. The quantitative estimate of drug-likeness (QED) is 0.641. The van der Waals surface area contributed by atoms with Gasteiger partial charge >= 0.3 is 0 Å². The first kappa shape index (κ1) is 14.8. The molecule has 20 heavy (non-hydrogen) atoms. The Morgan fingerprint density at radius 1 is 1.40 bits per heavy atom. The van der Waals surface area contributed by atoms with Gasteiger partial charge in [0.1, 0.15) is 0 Å². The molecule has 0 unspecified atom stereocenters. The van der Waals surface area contributed by atoms with Crippen LogP contribution in [0.1, 0.15) is 17.3 Å². The number of hydrogen-bond acceptors (Lipinski definition) is 3. The number of ketones is 1. The first-order valence-electron chi connectivity index (χ1n) is 5.91. The van der Waals surface area contributed by atoms with Gasteiger partial charge in [0, 0.05) is 39.9 Å². The third-order valence-corrected chi connectivity index (χ3v) is 3.77. The Balaban J connectivity index is 2.11. The molecule has 1 aromatic carbocycles. The van der Waals surface area contributed by atoms with E-state index in [2.05, 4.69) is 26.2 Å². The van der Waals surface area contributed by atoms with Gasteiger partial charge in [0.2, 0.25) is 0 Å². The highest BCUT2D eigenvalue weighted by Gasteiger charge is 2.04. The van der Waals surface area contributed by atoms with Crippen molar-refractivity contribution in [1.82, 2.24) is 4.98 Å². The zero-order valence-electron chi connectivity index (χ0n) is 10.7. The molecule has 0 saturated carbocycles. The molecule has 0 aliphatic rings. The number of rotatable bonds is 4. The van der Waals surface area contributed by atoms with Gasteiger partial charge in [-0.1, -0.05) is 11.6 Å². The van der Waals surface area contributed by atoms with Gasteiger partial charge in [-0.25, -0.2) is 0 Å². The standard InChI is InChI=1S/C15H12BrClN2O/c1-10(7-15(20)11-3-2-6-18-9-11)19-12-4-5-14(17)13(16)8-12/h2-9,19H,1H3/b10-7+. The molecular weight excluding hydrogens is 340 g/mol. The van der Waals surface area contributed by atoms with Crippen LogP contribution in [0.2, 0.25) is 5.02 Å². The van der Waals surface area contributed by atoms with Crippen molar-refractivity contribution >= 4 is 39.0 Å². The van der Waals surface area contributed by atoms with Crippen LogP contribution in [0.5, 0.6) is 0 Å². The lowest BCUT2D eigenvalue weighted by atomic mass is 10.1. The molecule has 0 aliphatic carbocycles. The van der Waals surface area contributed by atoms with E-state index in [9.17, 15) is 4.79 Å². The van der Waals surface area contributed by atoms with Crippen molar-refractivity contribution in [2.75, 3.05) is 5.32 Å². The largest absolute Gasteiger partial charge is 0.359 e. The van der Waals surface area contributed by atoms with E-state index in [1.807, 2.05) is 19.1 Å². The number of anilines is 1. The first-order valence-corrected chi connectivity index (χ1v) is 7.08. The maximum Gasteiger partial charge on any atom is 0.189 e. The zero-order valence-corrected chi connectivity index (χ0v) is 13.1. The van der Waals surface area contributed by atoms with Gasteiger partial charge in [0.15, 0.2) is 5.78 Å². The van der Waals surface area contributed by atoms with Crippen LogP contribution in [-0.2, 0) is 0 Å². The molecule has 102 valence electrons. The van der Waals surface area contributed by atoms with Crippen LogP contribution in [0.4, 0.5) is 5.69 Å². The lowest BCUT2D eigenvalue weighted by Gasteiger charge is -2.07. The monoisotopic (exact) mass is 350 g/mol. The number of pyridine rings is 1. The van der Waals surface area contributed by atoms with Crippen LogP contribution >= 0.6 is 27.5 Å². The smallest absolute Gasteiger partial charge is 0.189 e. The summed E-state index contributed by atoms with van der Waals surface area (Å²) in [7, 11) is 0. The lowest BCUT2D eigenvalue weighted by molar-refractivity contribution is 0.104. The molecule has 0 saturated heterocycles. The fraction of sp³-hybridized carbons (Fsp3) is 0.0667. The topological polar surface area (TPSA) is 42.0 Å². The van der Waals surface area contributed by atoms with Crippen molar-refractivity contribution in [2.45, 2.75) is 6.92 Å². The Bertz CT molecular complexity index is 656. The van der Waals surface area contributed by atoms with Gasteiger partial charge < -0.3 is 5.32 Å². The van der Waals surface area contributed by atoms with Gasteiger partial charge in [-0.3, -0.25) is 9.78 Å². The number of allylic oxidation sites excluding steroid dienone is 2. The zero-order chi connectivity index (χ0) is 14.5. The van der Waals surface area contributed by atoms with Crippen LogP contribution in [0.3, 0.4) is 0 Å². The summed E-state index contributed by atoms with van der Waals surface area (Å²) >= 11 is 9.29. The minimum Gasteiger partial charge on any atom is -0.359 e. The van der Waals surface area contributed by atoms with Gasteiger partial charge in [-0.05, 0) is 53.2 Å². The Labute approximate surface area is 130 Å². The van der Waals surface area contributed by atoms with E-state index in [1.165, 1.54) is 0 Å². The number of nitrogens with zero attached hydrogens (tertiary/aromatic N) is 1. The van der Waals surface area contributed by atoms with E-state index in [-0.39, 0.29) is 5.78 Å². The van der Waals surface area contributed by atoms with Crippen molar-refractivity contribution in [3.63, 3.8) is 0 Å². The molecule has 2 rings (SSSR count). The van der Waals surface area contributed by atoms with Crippen LogP contribution in [0, 0.1) is 0 Å². The van der Waals surface area contributed by atoms with E-state index in [4.69, 9.17) is 11.6 Å². The van der Waals surface area contributed by atoms with Crippen LogP contribution < -0.4 is 5.32 Å². The number of carbonyl (C=O) groups is 1. The molecule has 1 heterocycles. The molecule has 5 heteroatoms. The third-order valence-electron chi connectivity index (χ3n) is 2.55. The molecule has 0 spiro atoms. The molecule has 0 radical (unpaired) electrons. The van der Waals surface area contributed by atoms with Crippen molar-refractivity contribution in [3.8, 4) is 0 Å². The number of benzene rings is 1. The summed E-state index contributed by atoms with van der Waals surface area (Å²) in [6.07, 6.45) is 4.72. The normalized spacial score (nSPS) is 11.2. The third kappa shape index (κ3) is 3.92. The molecule has 2 aromatic rings. The SMILES string of the molecule is C/C(=C\C(=O)c1cccnc1)Nc1ccc(Cl)c(Br)c1. The van der Waals surface area contributed by atoms with Crippen LogP contribution in [0.15, 0.2) is 59.0 Å². The minimum absolute atomic E-state index is 0.0869. The summed E-state index contributed by atoms with van der Waals surface area (Å²) in [5, 5.41) is 3.78. The maximum atomic E-state index is 12.0. The Morgan fingerprint density at radius 3 is 2.85 bits per heavy atom. The molecule has 0 fully saturated rings. The molecule has 1 aromatic heterocycles. The number of hydrogen-bond donors (Lipinski definition) is 1.